The molecule has 1 heterocycles. The summed E-state index contributed by atoms with van der Waals surface area (Å²) in [4.78, 5) is 37.5. The van der Waals surface area contributed by atoms with Crippen LogP contribution in [0.2, 0.25) is 0 Å². The third-order valence-corrected chi connectivity index (χ3v) is 4.36. The lowest BCUT2D eigenvalue weighted by atomic mass is 9.98. The zero-order valence-corrected chi connectivity index (χ0v) is 16.1. The van der Waals surface area contributed by atoms with Gasteiger partial charge in [-0.05, 0) is 36.2 Å². The Morgan fingerprint density at radius 3 is 2.59 bits per heavy atom. The minimum absolute atomic E-state index is 0.0764. The van der Waals surface area contributed by atoms with E-state index in [0.717, 1.165) is 21.7 Å². The van der Waals surface area contributed by atoms with Gasteiger partial charge in [-0.1, -0.05) is 26.0 Å². The number of nitrogens with one attached hydrogen (secondary N) is 1. The largest absolute Gasteiger partial charge is 0.369 e. The van der Waals surface area contributed by atoms with E-state index in [1.54, 1.807) is 18.2 Å². The molecule has 3 rings (SSSR count). The van der Waals surface area contributed by atoms with Gasteiger partial charge in [0.2, 0.25) is 5.95 Å². The Balaban J connectivity index is 1.99. The van der Waals surface area contributed by atoms with Gasteiger partial charge in [0.15, 0.2) is 11.5 Å². The minimum atomic E-state index is -0.329. The summed E-state index contributed by atoms with van der Waals surface area (Å²) in [6.07, 6.45) is 0. The van der Waals surface area contributed by atoms with Crippen molar-refractivity contribution in [2.45, 2.75) is 26.7 Å². The number of anilines is 1. The minimum Gasteiger partial charge on any atom is -0.369 e. The van der Waals surface area contributed by atoms with Crippen LogP contribution >= 0.6 is 11.6 Å². The predicted molar refractivity (Wildman–Crippen MR) is 105 cm³/mol. The molecule has 6 nitrogen and oxygen atoms in total. The van der Waals surface area contributed by atoms with Crippen molar-refractivity contribution in [2.24, 2.45) is 0 Å². The number of nitrogens with zero attached hydrogens (tertiary/aromatic N) is 2. The Morgan fingerprint density at radius 2 is 1.96 bits per heavy atom. The van der Waals surface area contributed by atoms with Crippen molar-refractivity contribution in [1.29, 1.82) is 0 Å². The molecule has 0 aliphatic rings. The summed E-state index contributed by atoms with van der Waals surface area (Å²) >= 11 is 5.66. The van der Waals surface area contributed by atoms with Crippen LogP contribution in [0.15, 0.2) is 42.5 Å². The number of para-hydroxylation sites is 2. The van der Waals surface area contributed by atoms with E-state index in [1.807, 2.05) is 38.1 Å². The summed E-state index contributed by atoms with van der Waals surface area (Å²) in [5.41, 5.74) is 2.84. The lowest BCUT2D eigenvalue weighted by molar-refractivity contribution is -0.120. The van der Waals surface area contributed by atoms with Crippen molar-refractivity contribution in [3.8, 4) is 5.75 Å². The first-order chi connectivity index (χ1) is 12.9. The van der Waals surface area contributed by atoms with Crippen molar-refractivity contribution in [3.63, 3.8) is 0 Å². The second-order valence-corrected chi connectivity index (χ2v) is 6.71. The first-order valence-corrected chi connectivity index (χ1v) is 9.10. The van der Waals surface area contributed by atoms with Gasteiger partial charge in [-0.2, -0.15) is 0 Å². The summed E-state index contributed by atoms with van der Waals surface area (Å²) in [5, 5.41) is 1.12. The van der Waals surface area contributed by atoms with Crippen molar-refractivity contribution in [1.82, 2.24) is 9.97 Å². The Morgan fingerprint density at radius 1 is 1.22 bits per heavy atom. The van der Waals surface area contributed by atoms with Crippen LogP contribution < -0.4 is 9.90 Å². The summed E-state index contributed by atoms with van der Waals surface area (Å²) in [6, 6.07) is 12.5. The number of imidazole rings is 1. The standard InChI is InChI=1S/C20H20ClN3O3/c1-12(2)15-10-14(18(26)11-21)8-9-19(15)27-24(13(3)25)20-22-16-6-4-5-7-17(16)23-20/h4-10,12H,11H2,1-3H3,(H,22,23). The monoisotopic (exact) mass is 385 g/mol. The van der Waals surface area contributed by atoms with Crippen LogP contribution in [-0.2, 0) is 4.79 Å². The van der Waals surface area contributed by atoms with E-state index in [9.17, 15) is 9.59 Å². The quantitative estimate of drug-likeness (QED) is 0.386. The maximum Gasteiger partial charge on any atom is 0.260 e. The molecule has 0 unspecified atom stereocenters. The van der Waals surface area contributed by atoms with Crippen LogP contribution in [0.25, 0.3) is 11.0 Å². The van der Waals surface area contributed by atoms with E-state index >= 15 is 0 Å². The van der Waals surface area contributed by atoms with Crippen molar-refractivity contribution >= 4 is 40.3 Å². The number of rotatable bonds is 6. The van der Waals surface area contributed by atoms with Crippen LogP contribution in [0.1, 0.15) is 42.6 Å². The number of benzene rings is 2. The normalized spacial score (nSPS) is 11.0. The van der Waals surface area contributed by atoms with Gasteiger partial charge >= 0.3 is 0 Å². The number of carbonyl (C=O) groups excluding carboxylic acids is 2. The molecule has 1 amide bonds. The molecule has 0 aliphatic heterocycles. The summed E-state index contributed by atoms with van der Waals surface area (Å²) in [5.74, 6) is 0.269. The smallest absolute Gasteiger partial charge is 0.260 e. The molecule has 1 N–H and O–H groups in total. The van der Waals surface area contributed by atoms with Gasteiger partial charge in [-0.3, -0.25) is 9.59 Å². The van der Waals surface area contributed by atoms with E-state index in [4.69, 9.17) is 16.4 Å². The third-order valence-electron chi connectivity index (χ3n) is 4.12. The molecule has 0 saturated heterocycles. The average Bonchev–Trinajstić information content (AvgIpc) is 3.08. The van der Waals surface area contributed by atoms with Gasteiger partial charge in [-0.15, -0.1) is 16.7 Å². The average molecular weight is 386 g/mol. The lowest BCUT2D eigenvalue weighted by Crippen LogP contribution is -2.33. The number of aromatic nitrogens is 2. The fourth-order valence-corrected chi connectivity index (χ4v) is 2.88. The van der Waals surface area contributed by atoms with Crippen LogP contribution in [0.4, 0.5) is 5.95 Å². The molecule has 0 saturated carbocycles. The highest BCUT2D eigenvalue weighted by molar-refractivity contribution is 6.30. The SMILES string of the molecule is CC(=O)N(Oc1ccc(C(=O)CCl)cc1C(C)C)c1nc2ccccc2[nH]1. The third kappa shape index (κ3) is 3.95. The van der Waals surface area contributed by atoms with Crippen molar-refractivity contribution in [3.05, 3.63) is 53.6 Å². The van der Waals surface area contributed by atoms with E-state index in [1.165, 1.54) is 6.92 Å². The van der Waals surface area contributed by atoms with Gasteiger partial charge in [0.05, 0.1) is 16.9 Å². The van der Waals surface area contributed by atoms with Crippen molar-refractivity contribution < 1.29 is 14.4 Å². The number of amides is 1. The first kappa shape index (κ1) is 18.9. The van der Waals surface area contributed by atoms with E-state index in [-0.39, 0.29) is 23.5 Å². The van der Waals surface area contributed by atoms with Crippen molar-refractivity contribution in [2.75, 3.05) is 10.9 Å². The lowest BCUT2D eigenvalue weighted by Gasteiger charge is -2.21. The Labute approximate surface area is 162 Å². The number of alkyl halides is 1. The molecule has 0 atom stereocenters. The van der Waals surface area contributed by atoms with Gasteiger partial charge < -0.3 is 9.82 Å². The number of hydrogen-bond donors (Lipinski definition) is 1. The Kier molecular flexibility index (Phi) is 5.46. The summed E-state index contributed by atoms with van der Waals surface area (Å²) < 4.78 is 0. The molecule has 0 radical (unpaired) electrons. The number of Topliss-reactive ketones (excluding diaryl/α,β-unsaturated/α-hetero) is 1. The Bertz CT molecular complexity index is 964. The molecule has 7 heteroatoms. The highest BCUT2D eigenvalue weighted by atomic mass is 35.5. The second kappa shape index (κ2) is 7.80. The molecule has 0 fully saturated rings. The fourth-order valence-electron chi connectivity index (χ4n) is 2.72. The zero-order chi connectivity index (χ0) is 19.6. The van der Waals surface area contributed by atoms with Gasteiger partial charge in [0.1, 0.15) is 0 Å². The van der Waals surface area contributed by atoms with Gasteiger partial charge in [-0.25, -0.2) is 4.98 Å². The number of carbonyl (C=O) groups is 2. The fraction of sp³-hybridized carbons (Fsp3) is 0.250. The van der Waals surface area contributed by atoms with Crippen LogP contribution in [-0.4, -0.2) is 27.5 Å². The van der Waals surface area contributed by atoms with E-state index in [0.29, 0.717) is 17.3 Å². The highest BCUT2D eigenvalue weighted by Crippen LogP contribution is 2.30. The molecule has 0 spiro atoms. The molecular formula is C20H20ClN3O3. The van der Waals surface area contributed by atoms with E-state index < -0.39 is 0 Å². The second-order valence-electron chi connectivity index (χ2n) is 6.45. The van der Waals surface area contributed by atoms with Gasteiger partial charge in [0.25, 0.3) is 5.91 Å². The molecule has 0 bridgehead atoms. The van der Waals surface area contributed by atoms with E-state index in [2.05, 4.69) is 9.97 Å². The van der Waals surface area contributed by atoms with Gasteiger partial charge in [0, 0.05) is 18.1 Å². The van der Waals surface area contributed by atoms with Crippen LogP contribution in [0.3, 0.4) is 0 Å². The molecule has 2 aromatic carbocycles. The number of aromatic amines is 1. The Hall–Kier alpha value is -2.86. The number of halogens is 1. The number of hydrogen-bond acceptors (Lipinski definition) is 4. The molecular weight excluding hydrogens is 366 g/mol. The first-order valence-electron chi connectivity index (χ1n) is 8.57. The summed E-state index contributed by atoms with van der Waals surface area (Å²) in [6.45, 7) is 5.36. The molecule has 140 valence electrons. The van der Waals surface area contributed by atoms with Crippen LogP contribution in [0, 0.1) is 0 Å². The molecule has 1 aromatic heterocycles. The summed E-state index contributed by atoms with van der Waals surface area (Å²) in [7, 11) is 0. The highest BCUT2D eigenvalue weighted by Gasteiger charge is 2.21. The number of H-pyrrole nitrogens is 1. The topological polar surface area (TPSA) is 75.3 Å². The predicted octanol–water partition coefficient (Wildman–Crippen LogP) is 4.45. The number of ketones is 1. The number of fused-ring (bicyclic) bond motifs is 1. The zero-order valence-electron chi connectivity index (χ0n) is 15.3. The molecule has 3 aromatic rings. The molecule has 27 heavy (non-hydrogen) atoms. The van der Waals surface area contributed by atoms with Crippen LogP contribution in [0.5, 0.6) is 5.75 Å². The maximum atomic E-state index is 12.2. The maximum absolute atomic E-state index is 12.2. The number of hydroxylamine groups is 1. The molecule has 0 aliphatic carbocycles.